The molecular weight excluding hydrogens is 252 g/mol. The molecule has 1 aromatic heterocycles. The minimum Gasteiger partial charge on any atom is -0.506 e. The summed E-state index contributed by atoms with van der Waals surface area (Å²) in [6.07, 6.45) is 4.09. The Kier molecular flexibility index (Phi) is 4.35. The Bertz CT molecular complexity index is 597. The number of phenolic OH excluding ortho intramolecular Hbond substituents is 1. The van der Waals surface area contributed by atoms with Crippen LogP contribution in [0.15, 0.2) is 42.7 Å². The van der Waals surface area contributed by atoms with Crippen LogP contribution in [0.1, 0.15) is 42.1 Å². The molecule has 0 spiro atoms. The van der Waals surface area contributed by atoms with Crippen molar-refractivity contribution < 1.29 is 9.90 Å². The Labute approximate surface area is 118 Å². The van der Waals surface area contributed by atoms with Crippen molar-refractivity contribution in [2.45, 2.75) is 26.2 Å². The van der Waals surface area contributed by atoms with Crippen LogP contribution in [0.4, 0.5) is 5.69 Å². The predicted octanol–water partition coefficient (Wildman–Crippen LogP) is 3.55. The smallest absolute Gasteiger partial charge is 0.257 e. The molecular formula is C16H18N2O2. The topological polar surface area (TPSA) is 62.2 Å². The minimum atomic E-state index is -0.287. The fourth-order valence-electron chi connectivity index (χ4n) is 1.89. The summed E-state index contributed by atoms with van der Waals surface area (Å²) >= 11 is 0. The van der Waals surface area contributed by atoms with E-state index >= 15 is 0 Å². The number of carbonyl (C=O) groups excluding carboxylic acids is 1. The number of nitrogens with one attached hydrogen (secondary N) is 1. The van der Waals surface area contributed by atoms with Gasteiger partial charge in [-0.3, -0.25) is 9.78 Å². The number of nitrogens with zero attached hydrogens (tertiary/aromatic N) is 1. The van der Waals surface area contributed by atoms with Crippen LogP contribution >= 0.6 is 0 Å². The van der Waals surface area contributed by atoms with Gasteiger partial charge in [0, 0.05) is 12.4 Å². The molecule has 1 heterocycles. The zero-order valence-corrected chi connectivity index (χ0v) is 11.6. The van der Waals surface area contributed by atoms with E-state index in [1.54, 1.807) is 30.5 Å². The molecule has 2 aromatic rings. The summed E-state index contributed by atoms with van der Waals surface area (Å²) in [6, 6.07) is 8.72. The minimum absolute atomic E-state index is 0.0834. The highest BCUT2D eigenvalue weighted by molar-refractivity contribution is 6.04. The van der Waals surface area contributed by atoms with E-state index < -0.39 is 0 Å². The van der Waals surface area contributed by atoms with Gasteiger partial charge in [-0.2, -0.15) is 0 Å². The van der Waals surface area contributed by atoms with Gasteiger partial charge in [0.15, 0.2) is 0 Å². The van der Waals surface area contributed by atoms with Crippen LogP contribution in [-0.2, 0) is 0 Å². The van der Waals surface area contributed by atoms with Crippen molar-refractivity contribution in [1.82, 2.24) is 4.98 Å². The number of aromatic hydroxyl groups is 1. The molecule has 0 fully saturated rings. The van der Waals surface area contributed by atoms with Gasteiger partial charge in [-0.15, -0.1) is 0 Å². The number of benzene rings is 1. The molecule has 2 N–H and O–H groups in total. The monoisotopic (exact) mass is 270 g/mol. The zero-order chi connectivity index (χ0) is 14.5. The molecule has 1 amide bonds. The highest BCUT2D eigenvalue weighted by Gasteiger charge is 2.11. The summed E-state index contributed by atoms with van der Waals surface area (Å²) in [7, 11) is 0. The van der Waals surface area contributed by atoms with Gasteiger partial charge in [0.2, 0.25) is 0 Å². The largest absolute Gasteiger partial charge is 0.506 e. The van der Waals surface area contributed by atoms with Crippen molar-refractivity contribution in [1.29, 1.82) is 0 Å². The zero-order valence-electron chi connectivity index (χ0n) is 11.6. The third-order valence-electron chi connectivity index (χ3n) is 3.38. The summed E-state index contributed by atoms with van der Waals surface area (Å²) in [6.45, 7) is 4.20. The molecule has 104 valence electrons. The van der Waals surface area contributed by atoms with Gasteiger partial charge < -0.3 is 10.4 Å². The third kappa shape index (κ3) is 3.15. The maximum atomic E-state index is 12.0. The molecule has 0 radical (unpaired) electrons. The Hall–Kier alpha value is -2.36. The van der Waals surface area contributed by atoms with Gasteiger partial charge >= 0.3 is 0 Å². The molecule has 0 aliphatic rings. The number of hydrogen-bond donors (Lipinski definition) is 2. The van der Waals surface area contributed by atoms with Crippen LogP contribution in [0.25, 0.3) is 0 Å². The lowest BCUT2D eigenvalue weighted by molar-refractivity contribution is 0.102. The van der Waals surface area contributed by atoms with E-state index in [4.69, 9.17) is 0 Å². The Balaban J connectivity index is 2.16. The molecule has 0 saturated heterocycles. The third-order valence-corrected chi connectivity index (χ3v) is 3.38. The van der Waals surface area contributed by atoms with Crippen LogP contribution in [0.5, 0.6) is 5.75 Å². The van der Waals surface area contributed by atoms with E-state index in [0.29, 0.717) is 17.2 Å². The first-order valence-corrected chi connectivity index (χ1v) is 6.66. The van der Waals surface area contributed by atoms with Gasteiger partial charge in [-0.25, -0.2) is 0 Å². The SMILES string of the molecule is CC[C@H](C)c1ccc(NC(=O)c2cccnc2)c(O)c1. The number of aromatic nitrogens is 1. The summed E-state index contributed by atoms with van der Waals surface area (Å²) in [5, 5.41) is 12.7. The predicted molar refractivity (Wildman–Crippen MR) is 79.0 cm³/mol. The quantitative estimate of drug-likeness (QED) is 0.835. The van der Waals surface area contributed by atoms with E-state index in [1.165, 1.54) is 6.20 Å². The number of phenols is 1. The molecule has 0 unspecified atom stereocenters. The van der Waals surface area contributed by atoms with Crippen LogP contribution < -0.4 is 5.32 Å². The van der Waals surface area contributed by atoms with Crippen molar-refractivity contribution in [3.63, 3.8) is 0 Å². The van der Waals surface area contributed by atoms with Gasteiger partial charge in [0.05, 0.1) is 11.3 Å². The van der Waals surface area contributed by atoms with Crippen molar-refractivity contribution in [2.24, 2.45) is 0 Å². The average molecular weight is 270 g/mol. The van der Waals surface area contributed by atoms with E-state index in [9.17, 15) is 9.90 Å². The van der Waals surface area contributed by atoms with Gasteiger partial charge in [0.25, 0.3) is 5.91 Å². The van der Waals surface area contributed by atoms with Crippen molar-refractivity contribution in [3.8, 4) is 5.75 Å². The summed E-state index contributed by atoms with van der Waals surface area (Å²) in [4.78, 5) is 15.9. The lowest BCUT2D eigenvalue weighted by Crippen LogP contribution is -2.12. The molecule has 0 saturated carbocycles. The molecule has 0 aliphatic heterocycles. The number of carbonyl (C=O) groups is 1. The Morgan fingerprint density at radius 3 is 2.80 bits per heavy atom. The molecule has 1 aromatic carbocycles. The highest BCUT2D eigenvalue weighted by Crippen LogP contribution is 2.29. The van der Waals surface area contributed by atoms with Gasteiger partial charge in [-0.1, -0.05) is 19.9 Å². The van der Waals surface area contributed by atoms with Crippen LogP contribution in [0.2, 0.25) is 0 Å². The molecule has 1 atom stereocenters. The average Bonchev–Trinajstić information content (AvgIpc) is 2.49. The summed E-state index contributed by atoms with van der Waals surface area (Å²) in [5.41, 5.74) is 1.92. The summed E-state index contributed by atoms with van der Waals surface area (Å²) in [5.74, 6) is 0.175. The first-order chi connectivity index (χ1) is 9.61. The lowest BCUT2D eigenvalue weighted by Gasteiger charge is -2.12. The number of rotatable bonds is 4. The second-order valence-corrected chi connectivity index (χ2v) is 4.78. The first-order valence-electron chi connectivity index (χ1n) is 6.66. The Morgan fingerprint density at radius 1 is 1.40 bits per heavy atom. The van der Waals surface area contributed by atoms with E-state index in [1.807, 2.05) is 6.07 Å². The van der Waals surface area contributed by atoms with E-state index in [0.717, 1.165) is 12.0 Å². The normalized spacial score (nSPS) is 11.9. The Morgan fingerprint density at radius 2 is 2.20 bits per heavy atom. The molecule has 2 rings (SSSR count). The molecule has 0 aliphatic carbocycles. The second kappa shape index (κ2) is 6.19. The van der Waals surface area contributed by atoms with Crippen molar-refractivity contribution >= 4 is 11.6 Å². The molecule has 4 heteroatoms. The molecule has 4 nitrogen and oxygen atoms in total. The maximum Gasteiger partial charge on any atom is 0.257 e. The van der Waals surface area contributed by atoms with Crippen LogP contribution in [0, 0.1) is 0 Å². The fourth-order valence-corrected chi connectivity index (χ4v) is 1.89. The number of amides is 1. The first kappa shape index (κ1) is 14.1. The highest BCUT2D eigenvalue weighted by atomic mass is 16.3. The molecule has 20 heavy (non-hydrogen) atoms. The number of hydrogen-bond acceptors (Lipinski definition) is 3. The van der Waals surface area contributed by atoms with Gasteiger partial charge in [0.1, 0.15) is 5.75 Å². The standard InChI is InChI=1S/C16H18N2O2/c1-3-11(2)12-6-7-14(15(19)9-12)18-16(20)13-5-4-8-17-10-13/h4-11,19H,3H2,1-2H3,(H,18,20)/t11-/m0/s1. The van der Waals surface area contributed by atoms with Crippen LogP contribution in [0.3, 0.4) is 0 Å². The number of anilines is 1. The van der Waals surface area contributed by atoms with Crippen molar-refractivity contribution in [2.75, 3.05) is 5.32 Å². The molecule has 0 bridgehead atoms. The van der Waals surface area contributed by atoms with Gasteiger partial charge in [-0.05, 0) is 42.2 Å². The van der Waals surface area contributed by atoms with E-state index in [2.05, 4.69) is 24.1 Å². The fraction of sp³-hybridized carbons (Fsp3) is 0.250. The van der Waals surface area contributed by atoms with Crippen LogP contribution in [-0.4, -0.2) is 16.0 Å². The second-order valence-electron chi connectivity index (χ2n) is 4.78. The maximum absolute atomic E-state index is 12.0. The summed E-state index contributed by atoms with van der Waals surface area (Å²) < 4.78 is 0. The van der Waals surface area contributed by atoms with E-state index in [-0.39, 0.29) is 11.7 Å². The van der Waals surface area contributed by atoms with Crippen molar-refractivity contribution in [3.05, 3.63) is 53.9 Å². The number of pyridine rings is 1. The lowest BCUT2D eigenvalue weighted by atomic mass is 9.98.